The zero-order valence-electron chi connectivity index (χ0n) is 15.5. The standard InChI is InChI=1S/C21H26ClNO2S/c1-15(2)14-20(16-4-8-18(25-3)9-5-16)23-21(24)12-13-26-19-10-6-17(22)7-11-19/h4-11,15,20H,12-14H2,1-3H3,(H,23,24). The third-order valence-corrected chi connectivity index (χ3v) is 5.24. The van der Waals surface area contributed by atoms with Crippen molar-refractivity contribution >= 4 is 29.3 Å². The number of nitrogens with one attached hydrogen (secondary N) is 1. The number of thioether (sulfide) groups is 1. The summed E-state index contributed by atoms with van der Waals surface area (Å²) in [5.41, 5.74) is 1.11. The molecule has 140 valence electrons. The number of hydrogen-bond donors (Lipinski definition) is 1. The number of rotatable bonds is 9. The lowest BCUT2D eigenvalue weighted by molar-refractivity contribution is -0.121. The number of carbonyl (C=O) groups excluding carboxylic acids is 1. The molecule has 2 aromatic carbocycles. The molecule has 0 bridgehead atoms. The van der Waals surface area contributed by atoms with Gasteiger partial charge in [0.1, 0.15) is 5.75 Å². The van der Waals surface area contributed by atoms with Crippen molar-refractivity contribution in [2.24, 2.45) is 5.92 Å². The molecule has 0 saturated heterocycles. The number of ether oxygens (including phenoxy) is 1. The minimum atomic E-state index is 0.0222. The lowest BCUT2D eigenvalue weighted by Crippen LogP contribution is -2.29. The number of benzene rings is 2. The highest BCUT2D eigenvalue weighted by Crippen LogP contribution is 2.24. The first-order chi connectivity index (χ1) is 12.5. The molecule has 0 aromatic heterocycles. The second kappa shape index (κ2) is 10.5. The van der Waals surface area contributed by atoms with Crippen LogP contribution in [0.3, 0.4) is 0 Å². The van der Waals surface area contributed by atoms with E-state index in [4.69, 9.17) is 16.3 Å². The number of carbonyl (C=O) groups is 1. The van der Waals surface area contributed by atoms with Crippen LogP contribution in [0.15, 0.2) is 53.4 Å². The topological polar surface area (TPSA) is 38.3 Å². The van der Waals surface area contributed by atoms with Gasteiger partial charge in [-0.15, -0.1) is 11.8 Å². The van der Waals surface area contributed by atoms with E-state index < -0.39 is 0 Å². The highest BCUT2D eigenvalue weighted by atomic mass is 35.5. The summed E-state index contributed by atoms with van der Waals surface area (Å²) in [7, 11) is 1.65. The molecular formula is C21H26ClNO2S. The highest BCUT2D eigenvalue weighted by Gasteiger charge is 2.16. The molecular weight excluding hydrogens is 366 g/mol. The van der Waals surface area contributed by atoms with E-state index in [1.54, 1.807) is 18.9 Å². The smallest absolute Gasteiger partial charge is 0.221 e. The predicted molar refractivity (Wildman–Crippen MR) is 110 cm³/mol. The normalized spacial score (nSPS) is 12.0. The minimum absolute atomic E-state index is 0.0222. The monoisotopic (exact) mass is 391 g/mol. The van der Waals surface area contributed by atoms with E-state index in [0.717, 1.165) is 33.4 Å². The van der Waals surface area contributed by atoms with Crippen LogP contribution < -0.4 is 10.1 Å². The summed E-state index contributed by atoms with van der Waals surface area (Å²) in [6.45, 7) is 4.33. The van der Waals surface area contributed by atoms with E-state index in [2.05, 4.69) is 19.2 Å². The first-order valence-electron chi connectivity index (χ1n) is 8.79. The summed E-state index contributed by atoms with van der Waals surface area (Å²) in [6.07, 6.45) is 1.39. The van der Waals surface area contributed by atoms with Gasteiger partial charge in [0.05, 0.1) is 13.2 Å². The number of amides is 1. The van der Waals surface area contributed by atoms with Crippen LogP contribution in [-0.2, 0) is 4.79 Å². The number of halogens is 1. The van der Waals surface area contributed by atoms with Gasteiger partial charge < -0.3 is 10.1 Å². The van der Waals surface area contributed by atoms with Crippen LogP contribution in [0.4, 0.5) is 0 Å². The molecule has 2 aromatic rings. The molecule has 3 nitrogen and oxygen atoms in total. The van der Waals surface area contributed by atoms with Gasteiger partial charge in [-0.05, 0) is 54.3 Å². The Morgan fingerprint density at radius 3 is 2.35 bits per heavy atom. The SMILES string of the molecule is COc1ccc(C(CC(C)C)NC(=O)CCSc2ccc(Cl)cc2)cc1. The molecule has 0 aliphatic carbocycles. The van der Waals surface area contributed by atoms with Gasteiger partial charge in [0.2, 0.25) is 5.91 Å². The molecule has 5 heteroatoms. The fourth-order valence-electron chi connectivity index (χ4n) is 2.64. The molecule has 0 fully saturated rings. The van der Waals surface area contributed by atoms with Gasteiger partial charge in [-0.1, -0.05) is 37.6 Å². The van der Waals surface area contributed by atoms with Crippen molar-refractivity contribution in [2.45, 2.75) is 37.6 Å². The first-order valence-corrected chi connectivity index (χ1v) is 10.2. The summed E-state index contributed by atoms with van der Waals surface area (Å²) >= 11 is 7.55. The highest BCUT2D eigenvalue weighted by molar-refractivity contribution is 7.99. The lowest BCUT2D eigenvalue weighted by atomic mass is 9.97. The van der Waals surface area contributed by atoms with Crippen LogP contribution in [0, 0.1) is 5.92 Å². The maximum absolute atomic E-state index is 12.4. The molecule has 0 spiro atoms. The number of hydrogen-bond acceptors (Lipinski definition) is 3. The Bertz CT molecular complexity index is 686. The van der Waals surface area contributed by atoms with E-state index in [1.807, 2.05) is 48.5 Å². The Kier molecular flexibility index (Phi) is 8.33. The largest absolute Gasteiger partial charge is 0.497 e. The average molecular weight is 392 g/mol. The number of methoxy groups -OCH3 is 1. The molecule has 2 rings (SSSR count). The third-order valence-electron chi connectivity index (χ3n) is 3.97. The quantitative estimate of drug-likeness (QED) is 0.554. The van der Waals surface area contributed by atoms with Crippen LogP contribution in [-0.4, -0.2) is 18.8 Å². The molecule has 0 aliphatic heterocycles. The Labute approximate surface area is 165 Å². The van der Waals surface area contributed by atoms with Crippen molar-refractivity contribution in [3.63, 3.8) is 0 Å². The van der Waals surface area contributed by atoms with Crippen molar-refractivity contribution in [2.75, 3.05) is 12.9 Å². The summed E-state index contributed by atoms with van der Waals surface area (Å²) in [4.78, 5) is 13.5. The average Bonchev–Trinajstić information content (AvgIpc) is 2.62. The van der Waals surface area contributed by atoms with E-state index >= 15 is 0 Å². The van der Waals surface area contributed by atoms with Gasteiger partial charge in [0.15, 0.2) is 0 Å². The zero-order chi connectivity index (χ0) is 18.9. The Morgan fingerprint density at radius 1 is 1.12 bits per heavy atom. The van der Waals surface area contributed by atoms with Crippen molar-refractivity contribution < 1.29 is 9.53 Å². The Hall–Kier alpha value is -1.65. The van der Waals surface area contributed by atoms with Crippen molar-refractivity contribution in [1.29, 1.82) is 0 Å². The second-order valence-electron chi connectivity index (χ2n) is 6.58. The minimum Gasteiger partial charge on any atom is -0.497 e. The van der Waals surface area contributed by atoms with Gasteiger partial charge in [-0.3, -0.25) is 4.79 Å². The molecule has 1 amide bonds. The van der Waals surface area contributed by atoms with Crippen LogP contribution in [0.5, 0.6) is 5.75 Å². The molecule has 0 saturated carbocycles. The molecule has 0 aliphatic rings. The van der Waals surface area contributed by atoms with Crippen LogP contribution in [0.1, 0.15) is 38.3 Å². The van der Waals surface area contributed by atoms with Gasteiger partial charge in [-0.25, -0.2) is 0 Å². The molecule has 0 radical (unpaired) electrons. The van der Waals surface area contributed by atoms with Gasteiger partial charge in [0.25, 0.3) is 0 Å². The molecule has 1 atom stereocenters. The van der Waals surface area contributed by atoms with Crippen molar-refractivity contribution in [3.8, 4) is 5.75 Å². The summed E-state index contributed by atoms with van der Waals surface area (Å²) in [6, 6.07) is 15.6. The van der Waals surface area contributed by atoms with Crippen molar-refractivity contribution in [3.05, 3.63) is 59.1 Å². The molecule has 1 N–H and O–H groups in total. The Morgan fingerprint density at radius 2 is 1.77 bits per heavy atom. The lowest BCUT2D eigenvalue weighted by Gasteiger charge is -2.21. The van der Waals surface area contributed by atoms with E-state index in [0.29, 0.717) is 12.3 Å². The van der Waals surface area contributed by atoms with E-state index in [1.165, 1.54) is 0 Å². The van der Waals surface area contributed by atoms with Gasteiger partial charge >= 0.3 is 0 Å². The van der Waals surface area contributed by atoms with Crippen LogP contribution in [0.2, 0.25) is 5.02 Å². The van der Waals surface area contributed by atoms with E-state index in [9.17, 15) is 4.79 Å². The summed E-state index contributed by atoms with van der Waals surface area (Å²) < 4.78 is 5.22. The van der Waals surface area contributed by atoms with Crippen LogP contribution in [0.25, 0.3) is 0 Å². The molecule has 26 heavy (non-hydrogen) atoms. The second-order valence-corrected chi connectivity index (χ2v) is 8.18. The first kappa shape index (κ1) is 20.7. The predicted octanol–water partition coefficient (Wildman–Crippen LogP) is 5.73. The molecule has 0 heterocycles. The summed E-state index contributed by atoms with van der Waals surface area (Å²) in [5.74, 6) is 2.13. The van der Waals surface area contributed by atoms with Gasteiger partial charge in [0, 0.05) is 22.1 Å². The van der Waals surface area contributed by atoms with E-state index in [-0.39, 0.29) is 11.9 Å². The van der Waals surface area contributed by atoms with Crippen LogP contribution >= 0.6 is 23.4 Å². The van der Waals surface area contributed by atoms with Gasteiger partial charge in [-0.2, -0.15) is 0 Å². The zero-order valence-corrected chi connectivity index (χ0v) is 17.1. The maximum Gasteiger partial charge on any atom is 0.221 e. The third kappa shape index (κ3) is 6.93. The maximum atomic E-state index is 12.4. The fourth-order valence-corrected chi connectivity index (χ4v) is 3.62. The van der Waals surface area contributed by atoms with Crippen molar-refractivity contribution in [1.82, 2.24) is 5.32 Å². The summed E-state index contributed by atoms with van der Waals surface area (Å²) in [5, 5.41) is 3.91. The fraction of sp³-hybridized carbons (Fsp3) is 0.381. The molecule has 1 unspecified atom stereocenters. The Balaban J connectivity index is 1.89.